The summed E-state index contributed by atoms with van der Waals surface area (Å²) in [5.74, 6) is 0.969. The van der Waals surface area contributed by atoms with Crippen LogP contribution in [0.5, 0.6) is 0 Å². The van der Waals surface area contributed by atoms with Crippen LogP contribution in [0.3, 0.4) is 0 Å². The SMILES string of the molecule is Cc1nc2cnc3ccccc3c2n1CCCO. The minimum Gasteiger partial charge on any atom is -0.396 e. The molecule has 0 aliphatic carbocycles. The highest BCUT2D eigenvalue weighted by Crippen LogP contribution is 2.24. The molecule has 0 amide bonds. The highest BCUT2D eigenvalue weighted by molar-refractivity contribution is 6.02. The number of aliphatic hydroxyl groups excluding tert-OH is 1. The number of pyridine rings is 1. The third kappa shape index (κ3) is 1.66. The molecule has 0 atom stereocenters. The molecule has 0 aliphatic rings. The Balaban J connectivity index is 2.32. The van der Waals surface area contributed by atoms with Gasteiger partial charge >= 0.3 is 0 Å². The van der Waals surface area contributed by atoms with E-state index in [-0.39, 0.29) is 6.61 Å². The number of benzene rings is 1. The number of rotatable bonds is 3. The molecule has 4 heteroatoms. The molecule has 4 nitrogen and oxygen atoms in total. The highest BCUT2D eigenvalue weighted by Gasteiger charge is 2.10. The Hall–Kier alpha value is -1.94. The number of nitrogens with zero attached hydrogens (tertiary/aromatic N) is 3. The zero-order chi connectivity index (χ0) is 12.5. The van der Waals surface area contributed by atoms with Crippen LogP contribution >= 0.6 is 0 Å². The second-order valence-corrected chi connectivity index (χ2v) is 4.40. The lowest BCUT2D eigenvalue weighted by molar-refractivity contribution is 0.280. The van der Waals surface area contributed by atoms with Crippen molar-refractivity contribution in [2.75, 3.05) is 6.61 Å². The summed E-state index contributed by atoms with van der Waals surface area (Å²) in [7, 11) is 0. The minimum absolute atomic E-state index is 0.197. The van der Waals surface area contributed by atoms with Gasteiger partial charge in [-0.3, -0.25) is 4.98 Å². The van der Waals surface area contributed by atoms with Crippen LogP contribution in [0.25, 0.3) is 21.9 Å². The lowest BCUT2D eigenvalue weighted by atomic mass is 10.2. The molecule has 18 heavy (non-hydrogen) atoms. The van der Waals surface area contributed by atoms with Crippen LogP contribution in [0.1, 0.15) is 12.2 Å². The van der Waals surface area contributed by atoms with Crippen molar-refractivity contribution < 1.29 is 5.11 Å². The van der Waals surface area contributed by atoms with Crippen LogP contribution in [0, 0.1) is 6.92 Å². The third-order valence-corrected chi connectivity index (χ3v) is 3.21. The molecule has 0 saturated heterocycles. The summed E-state index contributed by atoms with van der Waals surface area (Å²) in [4.78, 5) is 8.95. The first-order valence-corrected chi connectivity index (χ1v) is 6.12. The lowest BCUT2D eigenvalue weighted by Crippen LogP contribution is -2.02. The molecule has 0 fully saturated rings. The van der Waals surface area contributed by atoms with E-state index in [1.807, 2.05) is 31.3 Å². The maximum absolute atomic E-state index is 9.00. The van der Waals surface area contributed by atoms with Crippen LogP contribution in [0.4, 0.5) is 0 Å². The third-order valence-electron chi connectivity index (χ3n) is 3.21. The van der Waals surface area contributed by atoms with E-state index >= 15 is 0 Å². The number of para-hydroxylation sites is 1. The van der Waals surface area contributed by atoms with Crippen molar-refractivity contribution in [1.82, 2.24) is 14.5 Å². The smallest absolute Gasteiger partial charge is 0.108 e. The van der Waals surface area contributed by atoms with Gasteiger partial charge in [-0.1, -0.05) is 18.2 Å². The number of hydrogen-bond donors (Lipinski definition) is 1. The molecular weight excluding hydrogens is 226 g/mol. The van der Waals surface area contributed by atoms with Crippen LogP contribution < -0.4 is 0 Å². The summed E-state index contributed by atoms with van der Waals surface area (Å²) < 4.78 is 2.16. The Morgan fingerprint density at radius 1 is 1.22 bits per heavy atom. The Kier molecular flexibility index (Phi) is 2.72. The summed E-state index contributed by atoms with van der Waals surface area (Å²) in [6, 6.07) is 8.08. The molecule has 2 aromatic heterocycles. The predicted octanol–water partition coefficient (Wildman–Crippen LogP) is 2.28. The van der Waals surface area contributed by atoms with Crippen molar-refractivity contribution in [2.45, 2.75) is 19.9 Å². The molecule has 1 N–H and O–H groups in total. The Bertz CT molecular complexity index is 703. The fraction of sp³-hybridized carbons (Fsp3) is 0.286. The fourth-order valence-corrected chi connectivity index (χ4v) is 2.38. The van der Waals surface area contributed by atoms with Crippen LogP contribution in [-0.2, 0) is 6.54 Å². The Labute approximate surface area is 105 Å². The predicted molar refractivity (Wildman–Crippen MR) is 71.5 cm³/mol. The van der Waals surface area contributed by atoms with Crippen LogP contribution in [0.15, 0.2) is 30.5 Å². The number of aryl methyl sites for hydroxylation is 2. The zero-order valence-corrected chi connectivity index (χ0v) is 10.3. The molecule has 0 spiro atoms. The molecule has 3 aromatic rings. The van der Waals surface area contributed by atoms with Crippen molar-refractivity contribution in [3.8, 4) is 0 Å². The van der Waals surface area contributed by atoms with E-state index in [2.05, 4.69) is 20.6 Å². The van der Waals surface area contributed by atoms with E-state index in [0.29, 0.717) is 0 Å². The average molecular weight is 241 g/mol. The molecular formula is C14H15N3O. The first-order valence-electron chi connectivity index (χ1n) is 6.12. The summed E-state index contributed by atoms with van der Waals surface area (Å²) >= 11 is 0. The molecule has 0 unspecified atom stereocenters. The summed E-state index contributed by atoms with van der Waals surface area (Å²) in [5, 5.41) is 10.1. The summed E-state index contributed by atoms with van der Waals surface area (Å²) in [6.45, 7) is 2.97. The Morgan fingerprint density at radius 3 is 2.89 bits per heavy atom. The molecule has 0 bridgehead atoms. The molecule has 92 valence electrons. The van der Waals surface area contributed by atoms with E-state index in [1.165, 1.54) is 0 Å². The zero-order valence-electron chi connectivity index (χ0n) is 10.3. The van der Waals surface area contributed by atoms with Gasteiger partial charge < -0.3 is 9.67 Å². The number of imidazole rings is 1. The van der Waals surface area contributed by atoms with Crippen LogP contribution in [-0.4, -0.2) is 26.2 Å². The maximum atomic E-state index is 9.00. The average Bonchev–Trinajstić information content (AvgIpc) is 2.72. The van der Waals surface area contributed by atoms with E-state index < -0.39 is 0 Å². The van der Waals surface area contributed by atoms with Gasteiger partial charge in [-0.05, 0) is 19.4 Å². The molecule has 0 saturated carbocycles. The molecule has 3 rings (SSSR count). The van der Waals surface area contributed by atoms with E-state index in [9.17, 15) is 0 Å². The molecule has 2 heterocycles. The fourth-order valence-electron chi connectivity index (χ4n) is 2.38. The minimum atomic E-state index is 0.197. The van der Waals surface area contributed by atoms with Gasteiger partial charge in [0.25, 0.3) is 0 Å². The van der Waals surface area contributed by atoms with Gasteiger partial charge in [-0.15, -0.1) is 0 Å². The highest BCUT2D eigenvalue weighted by atomic mass is 16.3. The molecule has 0 radical (unpaired) electrons. The monoisotopic (exact) mass is 241 g/mol. The van der Waals surface area contributed by atoms with Crippen LogP contribution in [0.2, 0.25) is 0 Å². The van der Waals surface area contributed by atoms with Crippen molar-refractivity contribution in [3.63, 3.8) is 0 Å². The largest absolute Gasteiger partial charge is 0.396 e. The number of aromatic nitrogens is 3. The number of aliphatic hydroxyl groups is 1. The first-order chi connectivity index (χ1) is 8.81. The quantitative estimate of drug-likeness (QED) is 0.765. The normalized spacial score (nSPS) is 11.4. The standard InChI is InChI=1S/C14H15N3O/c1-10-16-13-9-15-12-6-3-2-5-11(12)14(13)17(10)7-4-8-18/h2-3,5-6,9,18H,4,7-8H2,1H3. The maximum Gasteiger partial charge on any atom is 0.108 e. The second kappa shape index (κ2) is 4.38. The topological polar surface area (TPSA) is 50.9 Å². The van der Waals surface area contributed by atoms with Gasteiger partial charge in [-0.25, -0.2) is 4.98 Å². The van der Waals surface area contributed by atoms with Crippen molar-refractivity contribution >= 4 is 21.9 Å². The van der Waals surface area contributed by atoms with E-state index in [4.69, 9.17) is 5.11 Å². The van der Waals surface area contributed by atoms with Gasteiger partial charge in [0.1, 0.15) is 11.3 Å². The van der Waals surface area contributed by atoms with Gasteiger partial charge in [0.05, 0.1) is 17.2 Å². The second-order valence-electron chi connectivity index (χ2n) is 4.40. The first kappa shape index (κ1) is 11.2. The number of fused-ring (bicyclic) bond motifs is 3. The summed E-state index contributed by atoms with van der Waals surface area (Å²) in [6.07, 6.45) is 2.56. The Morgan fingerprint density at radius 2 is 2.06 bits per heavy atom. The molecule has 1 aromatic carbocycles. The summed E-state index contributed by atoms with van der Waals surface area (Å²) in [5.41, 5.74) is 3.02. The number of hydrogen-bond acceptors (Lipinski definition) is 3. The lowest BCUT2D eigenvalue weighted by Gasteiger charge is -2.07. The van der Waals surface area contributed by atoms with Gasteiger partial charge in [0, 0.05) is 18.5 Å². The van der Waals surface area contributed by atoms with E-state index in [0.717, 1.165) is 40.7 Å². The van der Waals surface area contributed by atoms with Gasteiger partial charge in [0.2, 0.25) is 0 Å². The van der Waals surface area contributed by atoms with Gasteiger partial charge in [0.15, 0.2) is 0 Å². The van der Waals surface area contributed by atoms with Crippen molar-refractivity contribution in [3.05, 3.63) is 36.3 Å². The molecule has 0 aliphatic heterocycles. The van der Waals surface area contributed by atoms with Crippen molar-refractivity contribution in [1.29, 1.82) is 0 Å². The van der Waals surface area contributed by atoms with E-state index in [1.54, 1.807) is 0 Å². The van der Waals surface area contributed by atoms with Gasteiger partial charge in [-0.2, -0.15) is 0 Å². The van der Waals surface area contributed by atoms with Crippen molar-refractivity contribution in [2.24, 2.45) is 0 Å².